The summed E-state index contributed by atoms with van der Waals surface area (Å²) in [4.78, 5) is 25.1. The zero-order chi connectivity index (χ0) is 17.5. The van der Waals surface area contributed by atoms with Crippen molar-refractivity contribution >= 4 is 23.5 Å². The van der Waals surface area contributed by atoms with Crippen LogP contribution in [0.4, 0.5) is 10.6 Å². The van der Waals surface area contributed by atoms with E-state index >= 15 is 0 Å². The number of amides is 1. The van der Waals surface area contributed by atoms with Gasteiger partial charge in [-0.2, -0.15) is 0 Å². The van der Waals surface area contributed by atoms with Gasteiger partial charge in [0.25, 0.3) is 0 Å². The molecule has 1 aromatic heterocycles. The molecule has 0 spiro atoms. The first-order valence-electron chi connectivity index (χ1n) is 8.48. The summed E-state index contributed by atoms with van der Waals surface area (Å²) in [5.41, 5.74) is -0.483. The van der Waals surface area contributed by atoms with Gasteiger partial charge < -0.3 is 14.5 Å². The van der Waals surface area contributed by atoms with Crippen molar-refractivity contribution in [3.05, 3.63) is 17.0 Å². The summed E-state index contributed by atoms with van der Waals surface area (Å²) in [6.07, 6.45) is 2.89. The van der Waals surface area contributed by atoms with Crippen LogP contribution >= 0.6 is 11.6 Å². The van der Waals surface area contributed by atoms with Crippen LogP contribution in [0, 0.1) is 0 Å². The Hall–Kier alpha value is -1.56. The van der Waals surface area contributed by atoms with Crippen LogP contribution in [0.15, 0.2) is 6.07 Å². The van der Waals surface area contributed by atoms with Crippen molar-refractivity contribution in [1.29, 1.82) is 0 Å². The Morgan fingerprint density at radius 1 is 1.33 bits per heavy atom. The molecule has 2 aliphatic rings. The van der Waals surface area contributed by atoms with Crippen LogP contribution in [0.3, 0.4) is 0 Å². The Morgan fingerprint density at radius 3 is 2.67 bits per heavy atom. The van der Waals surface area contributed by atoms with E-state index in [1.807, 2.05) is 26.8 Å². The highest BCUT2D eigenvalue weighted by Gasteiger charge is 2.33. The molecule has 1 aliphatic heterocycles. The van der Waals surface area contributed by atoms with Crippen LogP contribution in [0.1, 0.15) is 51.8 Å². The lowest BCUT2D eigenvalue weighted by Gasteiger charge is -2.28. The summed E-state index contributed by atoms with van der Waals surface area (Å²) >= 11 is 6.16. The lowest BCUT2D eigenvalue weighted by molar-refractivity contribution is 0.0238. The zero-order valence-electron chi connectivity index (χ0n) is 14.8. The highest BCUT2D eigenvalue weighted by atomic mass is 35.5. The summed E-state index contributed by atoms with van der Waals surface area (Å²) in [5.74, 6) is 2.17. The fraction of sp³-hybridized carbons (Fsp3) is 0.706. The molecule has 0 bridgehead atoms. The van der Waals surface area contributed by atoms with E-state index in [0.717, 1.165) is 44.0 Å². The molecule has 1 aromatic rings. The van der Waals surface area contributed by atoms with Crippen molar-refractivity contribution in [3.63, 3.8) is 0 Å². The Balaban J connectivity index is 1.66. The van der Waals surface area contributed by atoms with Gasteiger partial charge in [-0.25, -0.2) is 14.8 Å². The van der Waals surface area contributed by atoms with E-state index in [-0.39, 0.29) is 12.1 Å². The molecule has 1 saturated carbocycles. The summed E-state index contributed by atoms with van der Waals surface area (Å²) in [6, 6.07) is 1.92. The second-order valence-electron chi connectivity index (χ2n) is 7.66. The third-order valence-electron chi connectivity index (χ3n) is 4.36. The van der Waals surface area contributed by atoms with E-state index in [2.05, 4.69) is 14.9 Å². The van der Waals surface area contributed by atoms with E-state index in [9.17, 15) is 4.79 Å². The smallest absolute Gasteiger partial charge is 0.410 e. The third-order valence-corrected chi connectivity index (χ3v) is 4.55. The minimum absolute atomic E-state index is 0.109. The van der Waals surface area contributed by atoms with Gasteiger partial charge in [-0.1, -0.05) is 11.6 Å². The van der Waals surface area contributed by atoms with E-state index in [1.54, 1.807) is 11.9 Å². The van der Waals surface area contributed by atoms with Gasteiger partial charge in [-0.05, 0) is 40.0 Å². The van der Waals surface area contributed by atoms with Crippen molar-refractivity contribution in [2.45, 2.75) is 57.6 Å². The molecule has 0 radical (unpaired) electrons. The van der Waals surface area contributed by atoms with Gasteiger partial charge in [0.2, 0.25) is 0 Å². The monoisotopic (exact) mass is 352 g/mol. The van der Waals surface area contributed by atoms with Gasteiger partial charge in [-0.3, -0.25) is 0 Å². The highest BCUT2D eigenvalue weighted by Crippen LogP contribution is 2.39. The zero-order valence-corrected chi connectivity index (χ0v) is 15.5. The normalized spacial score (nSPS) is 21.0. The van der Waals surface area contributed by atoms with Gasteiger partial charge in [0.1, 0.15) is 22.4 Å². The van der Waals surface area contributed by atoms with Crippen LogP contribution in [0.2, 0.25) is 5.15 Å². The maximum Gasteiger partial charge on any atom is 0.410 e. The lowest BCUT2D eigenvalue weighted by Crippen LogP contribution is -2.42. The van der Waals surface area contributed by atoms with E-state index in [1.165, 1.54) is 0 Å². The first kappa shape index (κ1) is 17.3. The molecule has 0 N–H and O–H groups in total. The quantitative estimate of drug-likeness (QED) is 0.780. The van der Waals surface area contributed by atoms with Crippen LogP contribution in [-0.4, -0.2) is 52.7 Å². The molecule has 1 aliphatic carbocycles. The summed E-state index contributed by atoms with van der Waals surface area (Å²) in [5, 5.41) is 0.492. The number of hydrogen-bond donors (Lipinski definition) is 0. The number of aromatic nitrogens is 2. The average Bonchev–Trinajstić information content (AvgIpc) is 3.21. The Labute approximate surface area is 148 Å². The standard InChI is InChI=1S/C17H25ClN4O2/c1-17(2,3)24-16(23)21(4)12-7-8-22(10-12)14-9-13(18)19-15(20-14)11-5-6-11/h9,11-12H,5-8,10H2,1-4H3/t12-/m1/s1. The van der Waals surface area contributed by atoms with Crippen molar-refractivity contribution in [3.8, 4) is 0 Å². The van der Waals surface area contributed by atoms with E-state index < -0.39 is 5.60 Å². The number of ether oxygens (including phenoxy) is 1. The van der Waals surface area contributed by atoms with Crippen LogP contribution < -0.4 is 4.90 Å². The Morgan fingerprint density at radius 2 is 2.04 bits per heavy atom. The van der Waals surface area contributed by atoms with Gasteiger partial charge in [0.15, 0.2) is 0 Å². The molecule has 7 heteroatoms. The van der Waals surface area contributed by atoms with Gasteiger partial charge in [0.05, 0.1) is 6.04 Å². The molecule has 24 heavy (non-hydrogen) atoms. The van der Waals surface area contributed by atoms with Gasteiger partial charge >= 0.3 is 6.09 Å². The van der Waals surface area contributed by atoms with E-state index in [4.69, 9.17) is 16.3 Å². The van der Waals surface area contributed by atoms with Crippen molar-refractivity contribution in [1.82, 2.24) is 14.9 Å². The molecule has 3 rings (SSSR count). The fourth-order valence-corrected chi connectivity index (χ4v) is 3.04. The second kappa shape index (κ2) is 6.39. The maximum absolute atomic E-state index is 12.2. The maximum atomic E-state index is 12.2. The fourth-order valence-electron chi connectivity index (χ4n) is 2.86. The average molecular weight is 353 g/mol. The number of likely N-dealkylation sites (N-methyl/N-ethyl adjacent to an activating group) is 1. The molecule has 0 aromatic carbocycles. The van der Waals surface area contributed by atoms with Gasteiger partial charge in [0, 0.05) is 32.1 Å². The molecule has 2 heterocycles. The van der Waals surface area contributed by atoms with E-state index in [0.29, 0.717) is 11.1 Å². The first-order valence-corrected chi connectivity index (χ1v) is 8.86. The van der Waals surface area contributed by atoms with Crippen LogP contribution in [0.25, 0.3) is 0 Å². The second-order valence-corrected chi connectivity index (χ2v) is 8.05. The Bertz CT molecular complexity index is 628. The number of carbonyl (C=O) groups excluding carboxylic acids is 1. The predicted molar refractivity (Wildman–Crippen MR) is 93.6 cm³/mol. The lowest BCUT2D eigenvalue weighted by atomic mass is 10.2. The van der Waals surface area contributed by atoms with Crippen LogP contribution in [0.5, 0.6) is 0 Å². The SMILES string of the molecule is CN(C(=O)OC(C)(C)C)[C@@H]1CCN(c2cc(Cl)nc(C3CC3)n2)C1. The number of carbonyl (C=O) groups is 1. The number of rotatable bonds is 3. The minimum Gasteiger partial charge on any atom is -0.444 e. The molecule has 2 fully saturated rings. The first-order chi connectivity index (χ1) is 11.2. The van der Waals surface area contributed by atoms with Crippen LogP contribution in [-0.2, 0) is 4.74 Å². The molecular weight excluding hydrogens is 328 g/mol. The number of nitrogens with zero attached hydrogens (tertiary/aromatic N) is 4. The molecule has 1 saturated heterocycles. The third kappa shape index (κ3) is 4.09. The summed E-state index contributed by atoms with van der Waals surface area (Å²) < 4.78 is 5.45. The largest absolute Gasteiger partial charge is 0.444 e. The Kier molecular flexibility index (Phi) is 4.60. The molecule has 1 atom stereocenters. The molecule has 0 unspecified atom stereocenters. The van der Waals surface area contributed by atoms with Crippen molar-refractivity contribution < 1.29 is 9.53 Å². The van der Waals surface area contributed by atoms with Crippen molar-refractivity contribution in [2.24, 2.45) is 0 Å². The topological polar surface area (TPSA) is 58.6 Å². The van der Waals surface area contributed by atoms with Crippen molar-refractivity contribution in [2.75, 3.05) is 25.0 Å². The minimum atomic E-state index is -0.483. The summed E-state index contributed by atoms with van der Waals surface area (Å²) in [7, 11) is 1.80. The summed E-state index contributed by atoms with van der Waals surface area (Å²) in [6.45, 7) is 7.20. The predicted octanol–water partition coefficient (Wildman–Crippen LogP) is 3.45. The molecule has 132 valence electrons. The number of halogens is 1. The molecular formula is C17H25ClN4O2. The highest BCUT2D eigenvalue weighted by molar-refractivity contribution is 6.29. The van der Waals surface area contributed by atoms with Gasteiger partial charge in [-0.15, -0.1) is 0 Å². The number of hydrogen-bond acceptors (Lipinski definition) is 5. The molecule has 1 amide bonds. The number of anilines is 1. The molecule has 6 nitrogen and oxygen atoms in total.